The average Bonchev–Trinajstić information content (AvgIpc) is 1.59. The van der Waals surface area contributed by atoms with Gasteiger partial charge in [0.1, 0.15) is 0 Å². The van der Waals surface area contributed by atoms with Crippen molar-refractivity contribution in [1.82, 2.24) is 0 Å². The van der Waals surface area contributed by atoms with E-state index < -0.39 is 0 Å². The van der Waals surface area contributed by atoms with Crippen molar-refractivity contribution in [2.75, 3.05) is 5.33 Å². The standard InChI is InChI=1S/C9H19Br/c1-8(5-6-10)7-9(2,3)4/h8H,5-7H2,1-4H3/t8-/m1/s1. The van der Waals surface area contributed by atoms with Gasteiger partial charge in [0.15, 0.2) is 0 Å². The first-order valence-corrected chi connectivity index (χ1v) is 5.14. The van der Waals surface area contributed by atoms with Crippen LogP contribution in [0, 0.1) is 11.3 Å². The van der Waals surface area contributed by atoms with E-state index in [2.05, 4.69) is 43.6 Å². The Labute approximate surface area is 73.5 Å². The van der Waals surface area contributed by atoms with Crippen LogP contribution in [0.15, 0.2) is 0 Å². The molecule has 0 spiro atoms. The number of rotatable bonds is 3. The van der Waals surface area contributed by atoms with E-state index in [1.54, 1.807) is 0 Å². The van der Waals surface area contributed by atoms with Crippen molar-refractivity contribution in [3.8, 4) is 0 Å². The lowest BCUT2D eigenvalue weighted by atomic mass is 9.84. The number of hydrogen-bond acceptors (Lipinski definition) is 0. The van der Waals surface area contributed by atoms with Crippen LogP contribution in [0.25, 0.3) is 0 Å². The van der Waals surface area contributed by atoms with Crippen molar-refractivity contribution < 1.29 is 0 Å². The van der Waals surface area contributed by atoms with E-state index in [9.17, 15) is 0 Å². The molecule has 0 N–H and O–H groups in total. The summed E-state index contributed by atoms with van der Waals surface area (Å²) >= 11 is 3.46. The van der Waals surface area contributed by atoms with E-state index in [1.807, 2.05) is 0 Å². The molecule has 0 aliphatic heterocycles. The Morgan fingerprint density at radius 1 is 1.30 bits per heavy atom. The Bertz CT molecular complexity index is 81.2. The summed E-state index contributed by atoms with van der Waals surface area (Å²) in [6.45, 7) is 9.24. The molecular weight excluding hydrogens is 188 g/mol. The molecule has 0 aromatic rings. The average molecular weight is 207 g/mol. The predicted octanol–water partition coefficient (Wildman–Crippen LogP) is 3.84. The highest BCUT2D eigenvalue weighted by atomic mass is 79.9. The van der Waals surface area contributed by atoms with Crippen molar-refractivity contribution in [1.29, 1.82) is 0 Å². The molecule has 1 atom stereocenters. The minimum absolute atomic E-state index is 0.502. The topological polar surface area (TPSA) is 0 Å². The van der Waals surface area contributed by atoms with Gasteiger partial charge in [-0.25, -0.2) is 0 Å². The lowest BCUT2D eigenvalue weighted by molar-refractivity contribution is 0.304. The number of halogens is 1. The highest BCUT2D eigenvalue weighted by molar-refractivity contribution is 9.09. The molecule has 0 nitrogen and oxygen atoms in total. The maximum absolute atomic E-state index is 3.46. The zero-order chi connectivity index (χ0) is 8.20. The normalized spacial score (nSPS) is 15.3. The van der Waals surface area contributed by atoms with Gasteiger partial charge in [-0.15, -0.1) is 0 Å². The molecule has 0 saturated heterocycles. The van der Waals surface area contributed by atoms with Gasteiger partial charge in [0, 0.05) is 5.33 Å². The van der Waals surface area contributed by atoms with Crippen molar-refractivity contribution in [2.24, 2.45) is 11.3 Å². The number of alkyl halides is 1. The Hall–Kier alpha value is 0.480. The Kier molecular flexibility index (Phi) is 4.59. The number of hydrogen-bond donors (Lipinski definition) is 0. The summed E-state index contributed by atoms with van der Waals surface area (Å²) in [5.74, 6) is 0.861. The van der Waals surface area contributed by atoms with Crippen LogP contribution < -0.4 is 0 Å². The molecule has 0 radical (unpaired) electrons. The fourth-order valence-corrected chi connectivity index (χ4v) is 2.12. The first kappa shape index (κ1) is 10.5. The van der Waals surface area contributed by atoms with E-state index >= 15 is 0 Å². The quantitative estimate of drug-likeness (QED) is 0.616. The van der Waals surface area contributed by atoms with Gasteiger partial charge in [0.2, 0.25) is 0 Å². The van der Waals surface area contributed by atoms with E-state index in [1.165, 1.54) is 12.8 Å². The summed E-state index contributed by atoms with van der Waals surface area (Å²) in [4.78, 5) is 0. The van der Waals surface area contributed by atoms with Crippen molar-refractivity contribution in [3.63, 3.8) is 0 Å². The maximum Gasteiger partial charge on any atom is 0.00338 e. The van der Waals surface area contributed by atoms with E-state index in [0.717, 1.165) is 11.2 Å². The van der Waals surface area contributed by atoms with Crippen molar-refractivity contribution in [2.45, 2.75) is 40.5 Å². The molecule has 62 valence electrons. The van der Waals surface area contributed by atoms with Crippen LogP contribution in [0.5, 0.6) is 0 Å². The van der Waals surface area contributed by atoms with Crippen LogP contribution >= 0.6 is 15.9 Å². The molecule has 0 saturated carbocycles. The van der Waals surface area contributed by atoms with Gasteiger partial charge >= 0.3 is 0 Å². The molecule has 0 aliphatic rings. The summed E-state index contributed by atoms with van der Waals surface area (Å²) in [6.07, 6.45) is 2.63. The summed E-state index contributed by atoms with van der Waals surface area (Å²) in [7, 11) is 0. The maximum atomic E-state index is 3.46. The second-order valence-corrected chi connectivity index (χ2v) is 5.14. The molecule has 0 bridgehead atoms. The van der Waals surface area contributed by atoms with Gasteiger partial charge in [-0.3, -0.25) is 0 Å². The SMILES string of the molecule is C[C@H](CCBr)CC(C)(C)C. The molecule has 1 heteroatoms. The zero-order valence-electron chi connectivity index (χ0n) is 7.58. The minimum atomic E-state index is 0.502. The molecule has 0 rings (SSSR count). The van der Waals surface area contributed by atoms with Crippen LogP contribution in [0.3, 0.4) is 0 Å². The van der Waals surface area contributed by atoms with E-state index in [4.69, 9.17) is 0 Å². The molecule has 0 aromatic carbocycles. The molecule has 0 aliphatic carbocycles. The largest absolute Gasteiger partial charge is 0.0928 e. The molecule has 0 aromatic heterocycles. The Morgan fingerprint density at radius 2 is 1.80 bits per heavy atom. The van der Waals surface area contributed by atoms with Gasteiger partial charge in [0.05, 0.1) is 0 Å². The minimum Gasteiger partial charge on any atom is -0.0928 e. The van der Waals surface area contributed by atoms with Crippen molar-refractivity contribution >= 4 is 15.9 Å². The van der Waals surface area contributed by atoms with Crippen LogP contribution in [0.1, 0.15) is 40.5 Å². The van der Waals surface area contributed by atoms with Gasteiger partial charge in [-0.2, -0.15) is 0 Å². The highest BCUT2D eigenvalue weighted by Gasteiger charge is 2.14. The lowest BCUT2D eigenvalue weighted by Gasteiger charge is -2.22. The van der Waals surface area contributed by atoms with Crippen LogP contribution in [0.2, 0.25) is 0 Å². The van der Waals surface area contributed by atoms with E-state index in [0.29, 0.717) is 5.41 Å². The molecule has 10 heavy (non-hydrogen) atoms. The second-order valence-electron chi connectivity index (χ2n) is 4.35. The van der Waals surface area contributed by atoms with E-state index in [-0.39, 0.29) is 0 Å². The third kappa shape index (κ3) is 6.60. The van der Waals surface area contributed by atoms with Gasteiger partial charge in [0.25, 0.3) is 0 Å². The molecule has 0 fully saturated rings. The summed E-state index contributed by atoms with van der Waals surface area (Å²) in [5.41, 5.74) is 0.502. The fraction of sp³-hybridized carbons (Fsp3) is 1.00. The van der Waals surface area contributed by atoms with Crippen LogP contribution in [-0.2, 0) is 0 Å². The first-order valence-electron chi connectivity index (χ1n) is 4.01. The monoisotopic (exact) mass is 206 g/mol. The highest BCUT2D eigenvalue weighted by Crippen LogP contribution is 2.25. The molecule has 0 amide bonds. The van der Waals surface area contributed by atoms with Crippen LogP contribution in [0.4, 0.5) is 0 Å². The van der Waals surface area contributed by atoms with Crippen molar-refractivity contribution in [3.05, 3.63) is 0 Å². The van der Waals surface area contributed by atoms with Gasteiger partial charge < -0.3 is 0 Å². The summed E-state index contributed by atoms with van der Waals surface area (Å²) in [6, 6.07) is 0. The summed E-state index contributed by atoms with van der Waals surface area (Å²) in [5, 5.41) is 1.14. The molecule has 0 unspecified atom stereocenters. The van der Waals surface area contributed by atoms with Crippen LogP contribution in [-0.4, -0.2) is 5.33 Å². The third-order valence-electron chi connectivity index (χ3n) is 1.56. The zero-order valence-corrected chi connectivity index (χ0v) is 9.16. The first-order chi connectivity index (χ1) is 4.45. The fourth-order valence-electron chi connectivity index (χ4n) is 1.33. The Balaban J connectivity index is 3.47. The predicted molar refractivity (Wildman–Crippen MR) is 51.6 cm³/mol. The van der Waals surface area contributed by atoms with Gasteiger partial charge in [-0.05, 0) is 24.2 Å². The summed E-state index contributed by atoms with van der Waals surface area (Å²) < 4.78 is 0. The third-order valence-corrected chi connectivity index (χ3v) is 2.02. The second kappa shape index (κ2) is 4.38. The lowest BCUT2D eigenvalue weighted by Crippen LogP contribution is -2.11. The van der Waals surface area contributed by atoms with Gasteiger partial charge in [-0.1, -0.05) is 43.6 Å². The molecular formula is C9H19Br. The Morgan fingerprint density at radius 3 is 2.10 bits per heavy atom. The molecule has 0 heterocycles. The smallest absolute Gasteiger partial charge is 0.00338 e.